The summed E-state index contributed by atoms with van der Waals surface area (Å²) in [7, 11) is 1.44. The predicted octanol–water partition coefficient (Wildman–Crippen LogP) is 2.60. The molecule has 0 bridgehead atoms. The van der Waals surface area contributed by atoms with E-state index in [1.807, 2.05) is 6.07 Å². The summed E-state index contributed by atoms with van der Waals surface area (Å²) in [5.74, 6) is -0.821. The number of rotatable bonds is 8. The number of fused-ring (bicyclic) bond motifs is 1. The Morgan fingerprint density at radius 1 is 1.23 bits per heavy atom. The minimum absolute atomic E-state index is 0.0409. The van der Waals surface area contributed by atoms with Crippen molar-refractivity contribution in [3.63, 3.8) is 0 Å². The second-order valence-corrected chi connectivity index (χ2v) is 7.07. The zero-order valence-electron chi connectivity index (χ0n) is 15.9. The number of methoxy groups -OCH3 is 1. The summed E-state index contributed by atoms with van der Waals surface area (Å²) in [6.45, 7) is 4.92. The second kappa shape index (κ2) is 8.67. The first-order chi connectivity index (χ1) is 12.3. The molecule has 0 N–H and O–H groups in total. The van der Waals surface area contributed by atoms with Gasteiger partial charge < -0.3 is 9.47 Å². The van der Waals surface area contributed by atoms with Crippen molar-refractivity contribution < 1.29 is 19.1 Å². The molecule has 2 rings (SSSR count). The topological polar surface area (TPSA) is 65.5 Å². The molecule has 0 fully saturated rings. The molecule has 0 spiro atoms. The maximum absolute atomic E-state index is 12.8. The second-order valence-electron chi connectivity index (χ2n) is 6.69. The highest BCUT2D eigenvalue weighted by molar-refractivity contribution is 6.62. The number of hydrogen-bond acceptors (Lipinski definition) is 5. The van der Waals surface area contributed by atoms with E-state index in [4.69, 9.17) is 21.1 Å². The van der Waals surface area contributed by atoms with Gasteiger partial charge in [-0.05, 0) is 25.8 Å². The van der Waals surface area contributed by atoms with Crippen LogP contribution >= 0.6 is 11.6 Å². The SMILES string of the molecule is CCCCCCCc1cc2c(cn1)=C(OC)C(C)(OC(C)=O)C(=O)C=2Cl. The maximum Gasteiger partial charge on any atom is 0.304 e. The fourth-order valence-electron chi connectivity index (χ4n) is 3.28. The van der Waals surface area contributed by atoms with Crippen LogP contribution < -0.4 is 10.4 Å². The highest BCUT2D eigenvalue weighted by Gasteiger charge is 2.46. The number of ether oxygens (including phenoxy) is 2. The molecule has 1 heterocycles. The smallest absolute Gasteiger partial charge is 0.304 e. The van der Waals surface area contributed by atoms with E-state index in [1.165, 1.54) is 40.2 Å². The number of hydrogen-bond donors (Lipinski definition) is 0. The molecular weight excluding hydrogens is 354 g/mol. The van der Waals surface area contributed by atoms with E-state index in [0.29, 0.717) is 10.4 Å². The maximum atomic E-state index is 12.8. The van der Waals surface area contributed by atoms with E-state index >= 15 is 0 Å². The lowest BCUT2D eigenvalue weighted by Crippen LogP contribution is -2.52. The molecule has 1 aromatic heterocycles. The normalized spacial score (nSPS) is 19.3. The number of carbonyl (C=O) groups excluding carboxylic acids is 2. The zero-order chi connectivity index (χ0) is 19.3. The van der Waals surface area contributed by atoms with Gasteiger partial charge in [0.05, 0.1) is 12.1 Å². The first kappa shape index (κ1) is 20.4. The van der Waals surface area contributed by atoms with Gasteiger partial charge in [-0.15, -0.1) is 0 Å². The fourth-order valence-corrected chi connectivity index (χ4v) is 3.62. The Hall–Kier alpha value is -1.88. The lowest BCUT2D eigenvalue weighted by molar-refractivity contribution is -0.157. The van der Waals surface area contributed by atoms with Gasteiger partial charge in [0.25, 0.3) is 0 Å². The third-order valence-electron chi connectivity index (χ3n) is 4.60. The molecule has 1 aliphatic rings. The van der Waals surface area contributed by atoms with Crippen molar-refractivity contribution in [2.24, 2.45) is 0 Å². The molecule has 0 aromatic carbocycles. The van der Waals surface area contributed by atoms with Gasteiger partial charge in [-0.25, -0.2) is 0 Å². The Balaban J connectivity index is 2.42. The highest BCUT2D eigenvalue weighted by Crippen LogP contribution is 2.30. The van der Waals surface area contributed by atoms with E-state index < -0.39 is 17.4 Å². The largest absolute Gasteiger partial charge is 0.496 e. The number of aryl methyl sites for hydroxylation is 1. The van der Waals surface area contributed by atoms with Gasteiger partial charge in [-0.1, -0.05) is 44.2 Å². The quantitative estimate of drug-likeness (QED) is 0.513. The summed E-state index contributed by atoms with van der Waals surface area (Å²) in [6, 6.07) is 1.84. The number of aromatic nitrogens is 1. The standard InChI is InChI=1S/C20H26ClNO4/c1-5-6-7-8-9-10-14-11-15-16(12-22-14)19(25-4)20(3,26-13(2)23)18(24)17(15)21/h11-12H,5-10H2,1-4H3. The van der Waals surface area contributed by atoms with Crippen LogP contribution in [0.3, 0.4) is 0 Å². The summed E-state index contributed by atoms with van der Waals surface area (Å²) in [5.41, 5.74) is -0.689. The zero-order valence-corrected chi connectivity index (χ0v) is 16.6. The predicted molar refractivity (Wildman–Crippen MR) is 101 cm³/mol. The van der Waals surface area contributed by atoms with Crippen LogP contribution in [0.15, 0.2) is 12.3 Å². The molecular formula is C20H26ClNO4. The Kier molecular flexibility index (Phi) is 6.81. The molecule has 1 aromatic rings. The van der Waals surface area contributed by atoms with Crippen molar-refractivity contribution >= 4 is 34.1 Å². The summed E-state index contributed by atoms with van der Waals surface area (Å²) in [5, 5.41) is 1.20. The summed E-state index contributed by atoms with van der Waals surface area (Å²) >= 11 is 6.34. The van der Waals surface area contributed by atoms with Crippen molar-refractivity contribution in [2.75, 3.05) is 7.11 Å². The van der Waals surface area contributed by atoms with Crippen molar-refractivity contribution in [3.05, 3.63) is 28.4 Å². The van der Waals surface area contributed by atoms with Crippen LogP contribution in [0.4, 0.5) is 0 Å². The number of nitrogens with zero attached hydrogens (tertiary/aromatic N) is 1. The number of pyridine rings is 1. The van der Waals surface area contributed by atoms with Crippen LogP contribution in [0, 0.1) is 0 Å². The van der Waals surface area contributed by atoms with Crippen molar-refractivity contribution in [1.29, 1.82) is 0 Å². The molecule has 6 heteroatoms. The van der Waals surface area contributed by atoms with E-state index in [-0.39, 0.29) is 10.8 Å². The van der Waals surface area contributed by atoms with Crippen LogP contribution in [0.5, 0.6) is 0 Å². The van der Waals surface area contributed by atoms with Gasteiger partial charge in [-0.2, -0.15) is 0 Å². The number of carbonyl (C=O) groups is 2. The first-order valence-electron chi connectivity index (χ1n) is 9.03. The molecule has 0 amide bonds. The van der Waals surface area contributed by atoms with E-state index in [0.717, 1.165) is 25.0 Å². The minimum atomic E-state index is -1.58. The van der Waals surface area contributed by atoms with Crippen molar-refractivity contribution in [1.82, 2.24) is 4.98 Å². The van der Waals surface area contributed by atoms with Crippen molar-refractivity contribution in [3.8, 4) is 0 Å². The van der Waals surface area contributed by atoms with Gasteiger partial charge in [0.1, 0.15) is 0 Å². The summed E-state index contributed by atoms with van der Waals surface area (Å²) in [4.78, 5) is 28.8. The Morgan fingerprint density at radius 2 is 1.92 bits per heavy atom. The van der Waals surface area contributed by atoms with Gasteiger partial charge in [0.15, 0.2) is 5.76 Å². The number of esters is 1. The number of unbranched alkanes of at least 4 members (excludes halogenated alkanes) is 4. The van der Waals surface area contributed by atoms with E-state index in [9.17, 15) is 9.59 Å². The van der Waals surface area contributed by atoms with Gasteiger partial charge in [0.2, 0.25) is 11.4 Å². The monoisotopic (exact) mass is 379 g/mol. The average molecular weight is 380 g/mol. The average Bonchev–Trinajstić information content (AvgIpc) is 2.60. The van der Waals surface area contributed by atoms with Gasteiger partial charge >= 0.3 is 5.97 Å². The molecule has 1 aliphatic carbocycles. The molecule has 0 radical (unpaired) electrons. The Morgan fingerprint density at radius 3 is 2.54 bits per heavy atom. The molecule has 5 nitrogen and oxygen atoms in total. The first-order valence-corrected chi connectivity index (χ1v) is 9.40. The Bertz CT molecular complexity index is 818. The molecule has 0 aliphatic heterocycles. The molecule has 1 atom stereocenters. The van der Waals surface area contributed by atoms with Crippen molar-refractivity contribution in [2.45, 2.75) is 64.9 Å². The number of ketones is 1. The third kappa shape index (κ3) is 4.09. The minimum Gasteiger partial charge on any atom is -0.496 e. The van der Waals surface area contributed by atoms with Crippen LogP contribution in [0.1, 0.15) is 58.6 Å². The van der Waals surface area contributed by atoms with Gasteiger partial charge in [0, 0.05) is 29.3 Å². The number of Topliss-reactive ketones (excluding diaryl/α,β-unsaturated/α-hetero) is 1. The van der Waals surface area contributed by atoms with Crippen LogP contribution in [0.25, 0.3) is 10.8 Å². The summed E-state index contributed by atoms with van der Waals surface area (Å²) in [6.07, 6.45) is 8.35. The lowest BCUT2D eigenvalue weighted by Gasteiger charge is -2.31. The highest BCUT2D eigenvalue weighted by atomic mass is 35.5. The van der Waals surface area contributed by atoms with E-state index in [2.05, 4.69) is 11.9 Å². The summed E-state index contributed by atoms with van der Waals surface area (Å²) < 4.78 is 10.7. The molecule has 1 unspecified atom stereocenters. The Labute approximate surface area is 159 Å². The van der Waals surface area contributed by atoms with Crippen LogP contribution in [-0.2, 0) is 25.5 Å². The fraction of sp³-hybridized carbons (Fsp3) is 0.550. The molecule has 0 saturated carbocycles. The number of halogens is 1. The molecule has 142 valence electrons. The van der Waals surface area contributed by atoms with Crippen LogP contribution in [0.2, 0.25) is 0 Å². The van der Waals surface area contributed by atoms with E-state index in [1.54, 1.807) is 6.20 Å². The molecule has 0 saturated heterocycles. The van der Waals surface area contributed by atoms with Crippen LogP contribution in [-0.4, -0.2) is 29.4 Å². The molecule has 26 heavy (non-hydrogen) atoms. The third-order valence-corrected chi connectivity index (χ3v) is 4.97. The van der Waals surface area contributed by atoms with Gasteiger partial charge in [-0.3, -0.25) is 14.6 Å². The lowest BCUT2D eigenvalue weighted by atomic mass is 9.90.